The van der Waals surface area contributed by atoms with E-state index in [4.69, 9.17) is 0 Å². The molecule has 26 heavy (non-hydrogen) atoms. The summed E-state index contributed by atoms with van der Waals surface area (Å²) in [5, 5.41) is -1.00. The second kappa shape index (κ2) is 6.87. The number of halogens is 1. The van der Waals surface area contributed by atoms with Crippen LogP contribution in [0, 0.1) is 24.6 Å². The highest BCUT2D eigenvalue weighted by Crippen LogP contribution is 2.33. The third-order valence-electron chi connectivity index (χ3n) is 5.49. The molecule has 0 aromatic heterocycles. The lowest BCUT2D eigenvalue weighted by molar-refractivity contribution is 0.107. The van der Waals surface area contributed by atoms with Gasteiger partial charge in [0.2, 0.25) is 0 Å². The Balaban J connectivity index is 1.98. The second-order valence-electron chi connectivity index (χ2n) is 8.04. The van der Waals surface area contributed by atoms with E-state index in [1.54, 1.807) is 0 Å². The molecular weight excluding hydrogens is 377 g/mol. The maximum Gasteiger partial charge on any atom is 0.183 e. The highest BCUT2D eigenvalue weighted by atomic mass is 32.2. The molecule has 4 atom stereocenters. The monoisotopic (exact) mass is 403 g/mol. The lowest BCUT2D eigenvalue weighted by Crippen LogP contribution is -2.51. The zero-order valence-corrected chi connectivity index (χ0v) is 17.0. The Bertz CT molecular complexity index is 888. The summed E-state index contributed by atoms with van der Waals surface area (Å²) in [5.41, 5.74) is 0.240. The van der Waals surface area contributed by atoms with Crippen molar-refractivity contribution in [2.75, 3.05) is 24.6 Å². The summed E-state index contributed by atoms with van der Waals surface area (Å²) in [6, 6.07) is 3.13. The predicted molar refractivity (Wildman–Crippen MR) is 99.1 cm³/mol. The van der Waals surface area contributed by atoms with E-state index in [0.717, 1.165) is 12.5 Å². The molecule has 0 saturated carbocycles. The lowest BCUT2D eigenvalue weighted by Gasteiger charge is -2.40. The number of benzene rings is 1. The summed E-state index contributed by atoms with van der Waals surface area (Å²) in [4.78, 5) is 2.05. The summed E-state index contributed by atoms with van der Waals surface area (Å²) in [6.07, 6.45) is 1.06. The van der Waals surface area contributed by atoms with E-state index in [9.17, 15) is 21.2 Å². The standard InChI is InChI=1S/C18H26FNO4S2/c1-12-6-13(2)9-20(8-12)17-10-25(21,22)11-18(17)26(23,24)15-4-5-16(19)14(3)7-15/h4-5,7,12-13,17-18H,6,8-11H2,1-3H3/t12-,13+,17-,18-/m0/s1. The van der Waals surface area contributed by atoms with Crippen molar-refractivity contribution < 1.29 is 21.2 Å². The second-order valence-corrected chi connectivity index (χ2v) is 12.4. The SMILES string of the molecule is Cc1cc(S(=O)(=O)[C@H]2CS(=O)(=O)C[C@@H]2N2C[C@H](C)C[C@H](C)C2)ccc1F. The van der Waals surface area contributed by atoms with Crippen LogP contribution in [0.3, 0.4) is 0 Å². The molecule has 0 bridgehead atoms. The van der Waals surface area contributed by atoms with E-state index < -0.39 is 36.8 Å². The van der Waals surface area contributed by atoms with Crippen LogP contribution < -0.4 is 0 Å². The highest BCUT2D eigenvalue weighted by molar-refractivity contribution is 7.96. The van der Waals surface area contributed by atoms with Crippen LogP contribution in [0.1, 0.15) is 25.8 Å². The molecule has 0 radical (unpaired) electrons. The van der Waals surface area contributed by atoms with Crippen LogP contribution in [0.25, 0.3) is 0 Å². The van der Waals surface area contributed by atoms with Crippen molar-refractivity contribution in [3.8, 4) is 0 Å². The number of piperidine rings is 1. The first kappa shape index (κ1) is 19.8. The van der Waals surface area contributed by atoms with Crippen LogP contribution >= 0.6 is 0 Å². The fourth-order valence-corrected chi connectivity index (χ4v) is 9.30. The molecule has 0 N–H and O–H groups in total. The van der Waals surface area contributed by atoms with E-state index in [-0.39, 0.29) is 22.0 Å². The maximum absolute atomic E-state index is 13.5. The van der Waals surface area contributed by atoms with E-state index in [0.29, 0.717) is 24.9 Å². The average Bonchev–Trinajstić information content (AvgIpc) is 2.85. The Morgan fingerprint density at radius 2 is 1.73 bits per heavy atom. The Morgan fingerprint density at radius 1 is 1.12 bits per heavy atom. The fraction of sp³-hybridized carbons (Fsp3) is 0.667. The van der Waals surface area contributed by atoms with Gasteiger partial charge < -0.3 is 0 Å². The van der Waals surface area contributed by atoms with Crippen molar-refractivity contribution in [1.29, 1.82) is 0 Å². The smallest absolute Gasteiger partial charge is 0.183 e. The van der Waals surface area contributed by atoms with Gasteiger partial charge in [0.25, 0.3) is 0 Å². The van der Waals surface area contributed by atoms with Crippen LogP contribution in [0.15, 0.2) is 23.1 Å². The molecule has 0 aliphatic carbocycles. The zero-order chi connectivity index (χ0) is 19.3. The van der Waals surface area contributed by atoms with Crippen LogP contribution in [0.2, 0.25) is 0 Å². The summed E-state index contributed by atoms with van der Waals surface area (Å²) >= 11 is 0. The molecule has 0 unspecified atom stereocenters. The predicted octanol–water partition coefficient (Wildman–Crippen LogP) is 2.05. The molecule has 2 fully saturated rings. The van der Waals surface area contributed by atoms with Gasteiger partial charge in [-0.2, -0.15) is 0 Å². The molecule has 1 aromatic rings. The van der Waals surface area contributed by atoms with E-state index in [2.05, 4.69) is 13.8 Å². The molecular formula is C18H26FNO4S2. The van der Waals surface area contributed by atoms with E-state index in [1.165, 1.54) is 19.1 Å². The van der Waals surface area contributed by atoms with Gasteiger partial charge in [0.05, 0.1) is 21.7 Å². The first-order chi connectivity index (χ1) is 12.0. The van der Waals surface area contributed by atoms with Crippen LogP contribution in [0.5, 0.6) is 0 Å². The number of nitrogens with zero attached hydrogens (tertiary/aromatic N) is 1. The fourth-order valence-electron chi connectivity index (χ4n) is 4.38. The average molecular weight is 404 g/mol. The lowest BCUT2D eigenvalue weighted by atomic mass is 9.91. The number of hydrogen-bond donors (Lipinski definition) is 0. The summed E-state index contributed by atoms with van der Waals surface area (Å²) in [7, 11) is -7.30. The minimum Gasteiger partial charge on any atom is -0.297 e. The molecule has 146 valence electrons. The number of aryl methyl sites for hydroxylation is 1. The van der Waals surface area contributed by atoms with Crippen molar-refractivity contribution in [2.24, 2.45) is 11.8 Å². The third-order valence-corrected chi connectivity index (χ3v) is 9.61. The van der Waals surface area contributed by atoms with Crippen molar-refractivity contribution in [3.63, 3.8) is 0 Å². The van der Waals surface area contributed by atoms with E-state index >= 15 is 0 Å². The quantitative estimate of drug-likeness (QED) is 0.723. The molecule has 0 spiro atoms. The van der Waals surface area contributed by atoms with Gasteiger partial charge in [0.1, 0.15) is 5.82 Å². The van der Waals surface area contributed by atoms with Crippen LogP contribution in [-0.4, -0.2) is 57.6 Å². The third kappa shape index (κ3) is 3.82. The molecule has 3 rings (SSSR count). The Morgan fingerprint density at radius 3 is 2.31 bits per heavy atom. The van der Waals surface area contributed by atoms with Gasteiger partial charge in [0, 0.05) is 19.1 Å². The summed E-state index contributed by atoms with van der Waals surface area (Å²) in [5.74, 6) is -0.165. The summed E-state index contributed by atoms with van der Waals surface area (Å²) < 4.78 is 64.5. The Kier molecular flexibility index (Phi) is 5.22. The van der Waals surface area contributed by atoms with Gasteiger partial charge in [-0.05, 0) is 48.9 Å². The van der Waals surface area contributed by atoms with E-state index in [1.807, 2.05) is 4.90 Å². The normalized spacial score (nSPS) is 32.6. The zero-order valence-electron chi connectivity index (χ0n) is 15.4. The van der Waals surface area contributed by atoms with Crippen molar-refractivity contribution in [3.05, 3.63) is 29.6 Å². The highest BCUT2D eigenvalue weighted by Gasteiger charge is 2.49. The number of sulfone groups is 2. The largest absolute Gasteiger partial charge is 0.297 e. The van der Waals surface area contributed by atoms with Gasteiger partial charge in [-0.25, -0.2) is 21.2 Å². The van der Waals surface area contributed by atoms with Gasteiger partial charge >= 0.3 is 0 Å². The first-order valence-electron chi connectivity index (χ1n) is 8.94. The molecule has 8 heteroatoms. The van der Waals surface area contributed by atoms with Gasteiger partial charge in [-0.15, -0.1) is 0 Å². The maximum atomic E-state index is 13.5. The number of hydrogen-bond acceptors (Lipinski definition) is 5. The molecule has 2 aliphatic rings. The molecule has 2 aliphatic heterocycles. The Hall–Kier alpha value is -0.990. The van der Waals surface area contributed by atoms with Crippen molar-refractivity contribution in [2.45, 2.75) is 43.4 Å². The Labute approximate surface area is 155 Å². The van der Waals surface area contributed by atoms with Crippen molar-refractivity contribution in [1.82, 2.24) is 4.90 Å². The van der Waals surface area contributed by atoms with Crippen molar-refractivity contribution >= 4 is 19.7 Å². The number of rotatable bonds is 3. The summed E-state index contributed by atoms with van der Waals surface area (Å²) in [6.45, 7) is 7.14. The molecule has 5 nitrogen and oxygen atoms in total. The van der Waals surface area contributed by atoms with Gasteiger partial charge in [-0.1, -0.05) is 13.8 Å². The molecule has 2 saturated heterocycles. The minimum absolute atomic E-state index is 0.00149. The first-order valence-corrected chi connectivity index (χ1v) is 12.3. The molecule has 0 amide bonds. The van der Waals surface area contributed by atoms with Gasteiger partial charge in [0.15, 0.2) is 19.7 Å². The molecule has 2 heterocycles. The topological polar surface area (TPSA) is 71.5 Å². The molecule has 1 aromatic carbocycles. The van der Waals surface area contributed by atoms with Crippen LogP contribution in [0.4, 0.5) is 4.39 Å². The minimum atomic E-state index is -3.87. The van der Waals surface area contributed by atoms with Crippen LogP contribution in [-0.2, 0) is 19.7 Å². The van der Waals surface area contributed by atoms with Gasteiger partial charge in [-0.3, -0.25) is 4.90 Å². The number of likely N-dealkylation sites (tertiary alicyclic amines) is 1.